The summed E-state index contributed by atoms with van der Waals surface area (Å²) in [6.45, 7) is 2.00. The van der Waals surface area contributed by atoms with Crippen molar-refractivity contribution in [2.75, 3.05) is 6.61 Å². The maximum Gasteiger partial charge on any atom is 0.270 e. The van der Waals surface area contributed by atoms with Gasteiger partial charge < -0.3 is 10.4 Å². The summed E-state index contributed by atoms with van der Waals surface area (Å²) in [5.74, 6) is 5.79. The first-order valence-corrected chi connectivity index (χ1v) is 7.61. The van der Waals surface area contributed by atoms with Crippen LogP contribution in [0.15, 0.2) is 18.3 Å². The van der Waals surface area contributed by atoms with E-state index in [1.807, 2.05) is 0 Å². The van der Waals surface area contributed by atoms with E-state index in [4.69, 9.17) is 5.11 Å². The molecule has 2 rings (SSSR count). The summed E-state index contributed by atoms with van der Waals surface area (Å²) in [6, 6.07) is 3.70. The lowest BCUT2D eigenvalue weighted by Crippen LogP contribution is -2.42. The molecule has 2 atom stereocenters. The van der Waals surface area contributed by atoms with Gasteiger partial charge in [0.25, 0.3) is 5.91 Å². The van der Waals surface area contributed by atoms with Crippen molar-refractivity contribution in [2.24, 2.45) is 5.92 Å². The molecule has 21 heavy (non-hydrogen) atoms. The largest absolute Gasteiger partial charge is 0.384 e. The van der Waals surface area contributed by atoms with E-state index in [-0.39, 0.29) is 18.6 Å². The Morgan fingerprint density at radius 1 is 1.43 bits per heavy atom. The van der Waals surface area contributed by atoms with Crippen LogP contribution >= 0.6 is 0 Å². The predicted octanol–water partition coefficient (Wildman–Crippen LogP) is 2.12. The highest BCUT2D eigenvalue weighted by Crippen LogP contribution is 2.26. The third-order valence-corrected chi connectivity index (χ3v) is 4.06. The number of hydrogen-bond donors (Lipinski definition) is 2. The van der Waals surface area contributed by atoms with Gasteiger partial charge in [0.1, 0.15) is 12.3 Å². The van der Waals surface area contributed by atoms with Crippen molar-refractivity contribution in [1.29, 1.82) is 0 Å². The number of aromatic nitrogens is 1. The van der Waals surface area contributed by atoms with Gasteiger partial charge in [-0.1, -0.05) is 38.0 Å². The Bertz CT molecular complexity index is 528. The Balaban J connectivity index is 1.99. The van der Waals surface area contributed by atoms with Gasteiger partial charge in [-0.05, 0) is 30.9 Å². The van der Waals surface area contributed by atoms with Crippen molar-refractivity contribution < 1.29 is 9.90 Å². The number of hydrogen-bond acceptors (Lipinski definition) is 3. The SMILES string of the molecule is CCC1CCCCC1NC(=O)c1ccc(C#CCO)cn1. The minimum atomic E-state index is -0.178. The zero-order valence-corrected chi connectivity index (χ0v) is 12.4. The molecule has 0 spiro atoms. The standard InChI is InChI=1S/C17H22N2O2/c1-2-14-7-3-4-8-15(14)19-17(21)16-10-9-13(12-18-16)6-5-11-20/h9-10,12,14-15,20H,2-4,7-8,11H2,1H3,(H,19,21). The highest BCUT2D eigenvalue weighted by atomic mass is 16.2. The lowest BCUT2D eigenvalue weighted by Gasteiger charge is -2.31. The molecule has 2 N–H and O–H groups in total. The molecule has 1 aliphatic rings. The highest BCUT2D eigenvalue weighted by Gasteiger charge is 2.25. The summed E-state index contributed by atoms with van der Waals surface area (Å²) >= 11 is 0. The first kappa shape index (κ1) is 15.5. The summed E-state index contributed by atoms with van der Waals surface area (Å²) in [6.07, 6.45) is 7.38. The third-order valence-electron chi connectivity index (χ3n) is 4.06. The average molecular weight is 286 g/mol. The number of rotatable bonds is 3. The fraction of sp³-hybridized carbons (Fsp3) is 0.529. The fourth-order valence-electron chi connectivity index (χ4n) is 2.87. The topological polar surface area (TPSA) is 62.2 Å². The summed E-state index contributed by atoms with van der Waals surface area (Å²) in [7, 11) is 0. The number of aliphatic hydroxyl groups is 1. The first-order valence-electron chi connectivity index (χ1n) is 7.61. The Kier molecular flexibility index (Phi) is 5.77. The van der Waals surface area contributed by atoms with Crippen LogP contribution in [0.25, 0.3) is 0 Å². The number of nitrogens with zero attached hydrogens (tertiary/aromatic N) is 1. The van der Waals surface area contributed by atoms with Crippen LogP contribution in [0, 0.1) is 17.8 Å². The molecule has 0 aliphatic heterocycles. The number of nitrogens with one attached hydrogen (secondary N) is 1. The fourth-order valence-corrected chi connectivity index (χ4v) is 2.87. The average Bonchev–Trinajstić information content (AvgIpc) is 2.54. The van der Waals surface area contributed by atoms with Crippen LogP contribution in [0.1, 0.15) is 55.1 Å². The summed E-state index contributed by atoms with van der Waals surface area (Å²) in [5, 5.41) is 11.8. The minimum absolute atomic E-state index is 0.109. The molecular formula is C17H22N2O2. The van der Waals surface area contributed by atoms with Gasteiger partial charge in [-0.25, -0.2) is 4.98 Å². The molecule has 1 aromatic rings. The van der Waals surface area contributed by atoms with Crippen LogP contribution in [-0.2, 0) is 0 Å². The molecule has 2 unspecified atom stereocenters. The van der Waals surface area contributed by atoms with Crippen LogP contribution in [0.4, 0.5) is 0 Å². The molecule has 0 bridgehead atoms. The minimum Gasteiger partial charge on any atom is -0.384 e. The van der Waals surface area contributed by atoms with Gasteiger partial charge in [-0.15, -0.1) is 0 Å². The van der Waals surface area contributed by atoms with Gasteiger partial charge >= 0.3 is 0 Å². The van der Waals surface area contributed by atoms with Crippen LogP contribution in [-0.4, -0.2) is 28.6 Å². The van der Waals surface area contributed by atoms with Gasteiger partial charge in [0.05, 0.1) is 0 Å². The van der Waals surface area contributed by atoms with Crippen molar-refractivity contribution in [3.8, 4) is 11.8 Å². The van der Waals surface area contributed by atoms with Crippen LogP contribution in [0.2, 0.25) is 0 Å². The second-order valence-corrected chi connectivity index (χ2v) is 5.42. The second kappa shape index (κ2) is 7.80. The molecule has 4 nitrogen and oxygen atoms in total. The first-order chi connectivity index (χ1) is 10.2. The van der Waals surface area contributed by atoms with Crippen LogP contribution < -0.4 is 5.32 Å². The Morgan fingerprint density at radius 2 is 2.24 bits per heavy atom. The zero-order chi connectivity index (χ0) is 15.1. The van der Waals surface area contributed by atoms with E-state index in [0.717, 1.165) is 12.8 Å². The molecule has 112 valence electrons. The molecular weight excluding hydrogens is 264 g/mol. The van der Waals surface area contributed by atoms with E-state index in [2.05, 4.69) is 29.1 Å². The van der Waals surface area contributed by atoms with Crippen molar-refractivity contribution in [2.45, 2.75) is 45.1 Å². The molecule has 1 heterocycles. The predicted molar refractivity (Wildman–Crippen MR) is 81.7 cm³/mol. The van der Waals surface area contributed by atoms with Gasteiger partial charge in [0.15, 0.2) is 0 Å². The normalized spacial score (nSPS) is 21.2. The summed E-state index contributed by atoms with van der Waals surface area (Å²) in [5.41, 5.74) is 1.12. The Morgan fingerprint density at radius 3 is 2.90 bits per heavy atom. The number of pyridine rings is 1. The van der Waals surface area contributed by atoms with E-state index in [1.54, 1.807) is 18.3 Å². The molecule has 4 heteroatoms. The molecule has 1 saturated carbocycles. The number of amides is 1. The third kappa shape index (κ3) is 4.30. The molecule has 1 fully saturated rings. The summed E-state index contributed by atoms with van der Waals surface area (Å²) < 4.78 is 0. The second-order valence-electron chi connectivity index (χ2n) is 5.42. The van der Waals surface area contributed by atoms with Crippen molar-refractivity contribution in [3.05, 3.63) is 29.6 Å². The van der Waals surface area contributed by atoms with Crippen molar-refractivity contribution >= 4 is 5.91 Å². The molecule has 0 aromatic carbocycles. The molecule has 1 aliphatic carbocycles. The monoisotopic (exact) mass is 286 g/mol. The number of carbonyl (C=O) groups excluding carboxylic acids is 1. The van der Waals surface area contributed by atoms with E-state index in [9.17, 15) is 4.79 Å². The highest BCUT2D eigenvalue weighted by molar-refractivity contribution is 5.92. The van der Waals surface area contributed by atoms with Crippen LogP contribution in [0.3, 0.4) is 0 Å². The van der Waals surface area contributed by atoms with Crippen LogP contribution in [0.5, 0.6) is 0 Å². The quantitative estimate of drug-likeness (QED) is 0.837. The van der Waals surface area contributed by atoms with Crippen molar-refractivity contribution in [3.63, 3.8) is 0 Å². The van der Waals surface area contributed by atoms with Gasteiger partial charge in [-0.3, -0.25) is 4.79 Å². The molecule has 1 aromatic heterocycles. The maximum absolute atomic E-state index is 12.3. The lowest BCUT2D eigenvalue weighted by molar-refractivity contribution is 0.0899. The van der Waals surface area contributed by atoms with Gasteiger partial charge in [0, 0.05) is 17.8 Å². The van der Waals surface area contributed by atoms with Gasteiger partial charge in [0.2, 0.25) is 0 Å². The lowest BCUT2D eigenvalue weighted by atomic mass is 9.83. The molecule has 0 radical (unpaired) electrons. The molecule has 1 amide bonds. The van der Waals surface area contributed by atoms with E-state index >= 15 is 0 Å². The van der Waals surface area contributed by atoms with Crippen molar-refractivity contribution in [1.82, 2.24) is 10.3 Å². The number of carbonyl (C=O) groups is 1. The summed E-state index contributed by atoms with van der Waals surface area (Å²) in [4.78, 5) is 16.4. The molecule has 0 saturated heterocycles. The maximum atomic E-state index is 12.3. The Hall–Kier alpha value is -1.86. The van der Waals surface area contributed by atoms with Gasteiger partial charge in [-0.2, -0.15) is 0 Å². The van der Waals surface area contributed by atoms with E-state index in [1.165, 1.54) is 19.3 Å². The smallest absolute Gasteiger partial charge is 0.270 e. The van der Waals surface area contributed by atoms with E-state index in [0.29, 0.717) is 17.2 Å². The van der Waals surface area contributed by atoms with E-state index < -0.39 is 0 Å². The Labute approximate surface area is 126 Å². The number of aliphatic hydroxyl groups excluding tert-OH is 1. The zero-order valence-electron chi connectivity index (χ0n) is 12.4.